The highest BCUT2D eigenvalue weighted by atomic mass is 16.5. The topological polar surface area (TPSA) is 65.2 Å². The molecular weight excluding hydrogens is 276 g/mol. The van der Waals surface area contributed by atoms with Crippen LogP contribution in [0.3, 0.4) is 0 Å². The van der Waals surface area contributed by atoms with E-state index < -0.39 is 5.91 Å². The zero-order valence-corrected chi connectivity index (χ0v) is 11.8. The van der Waals surface area contributed by atoms with Crippen molar-refractivity contribution in [1.82, 2.24) is 4.98 Å². The van der Waals surface area contributed by atoms with Crippen molar-refractivity contribution in [2.45, 2.75) is 0 Å². The first kappa shape index (κ1) is 13.8. The molecule has 0 aliphatic rings. The highest BCUT2D eigenvalue weighted by Gasteiger charge is 2.10. The molecular formula is C18H14N2O2. The van der Waals surface area contributed by atoms with E-state index in [1.54, 1.807) is 18.3 Å². The van der Waals surface area contributed by atoms with Crippen LogP contribution in [0.5, 0.6) is 11.6 Å². The van der Waals surface area contributed by atoms with Crippen LogP contribution in [0.1, 0.15) is 10.4 Å². The number of hydrogen-bond donors (Lipinski definition) is 1. The largest absolute Gasteiger partial charge is 0.438 e. The molecule has 2 N–H and O–H groups in total. The second kappa shape index (κ2) is 6.10. The van der Waals surface area contributed by atoms with Gasteiger partial charge in [-0.05, 0) is 35.4 Å². The highest BCUT2D eigenvalue weighted by Crippen LogP contribution is 2.26. The summed E-state index contributed by atoms with van der Waals surface area (Å²) in [6.07, 6.45) is 1.56. The van der Waals surface area contributed by atoms with Crippen molar-refractivity contribution in [3.63, 3.8) is 0 Å². The molecule has 0 aliphatic carbocycles. The lowest BCUT2D eigenvalue weighted by Crippen LogP contribution is -2.12. The molecule has 22 heavy (non-hydrogen) atoms. The average molecular weight is 290 g/mol. The van der Waals surface area contributed by atoms with Gasteiger partial charge < -0.3 is 10.5 Å². The maximum absolute atomic E-state index is 11.4. The summed E-state index contributed by atoms with van der Waals surface area (Å²) in [5.41, 5.74) is 7.78. The van der Waals surface area contributed by atoms with Crippen LogP contribution in [0.25, 0.3) is 11.1 Å². The number of ether oxygens (including phenoxy) is 1. The van der Waals surface area contributed by atoms with Crippen LogP contribution in [-0.4, -0.2) is 10.9 Å². The van der Waals surface area contributed by atoms with Crippen molar-refractivity contribution in [2.75, 3.05) is 0 Å². The number of carbonyl (C=O) groups is 1. The molecule has 0 fully saturated rings. The average Bonchev–Trinajstić information content (AvgIpc) is 2.57. The lowest BCUT2D eigenvalue weighted by atomic mass is 10.1. The van der Waals surface area contributed by atoms with E-state index in [1.165, 1.54) is 0 Å². The highest BCUT2D eigenvalue weighted by molar-refractivity contribution is 5.95. The van der Waals surface area contributed by atoms with E-state index in [9.17, 15) is 4.79 Å². The minimum absolute atomic E-state index is 0.211. The predicted octanol–water partition coefficient (Wildman–Crippen LogP) is 3.64. The Morgan fingerprint density at radius 1 is 0.864 bits per heavy atom. The molecule has 0 aliphatic heterocycles. The van der Waals surface area contributed by atoms with Gasteiger partial charge in [-0.25, -0.2) is 4.98 Å². The third-order valence-electron chi connectivity index (χ3n) is 3.21. The number of primary amides is 1. The van der Waals surface area contributed by atoms with Crippen LogP contribution in [-0.2, 0) is 0 Å². The van der Waals surface area contributed by atoms with Gasteiger partial charge in [-0.1, -0.05) is 42.5 Å². The Bertz CT molecular complexity index is 784. The maximum Gasteiger partial charge on any atom is 0.254 e. The maximum atomic E-state index is 11.4. The molecule has 0 atom stereocenters. The number of pyridine rings is 1. The summed E-state index contributed by atoms with van der Waals surface area (Å²) in [6, 6.07) is 20.9. The van der Waals surface area contributed by atoms with E-state index in [0.717, 1.165) is 11.1 Å². The van der Waals surface area contributed by atoms with Crippen molar-refractivity contribution >= 4 is 5.91 Å². The van der Waals surface area contributed by atoms with Gasteiger partial charge in [0.25, 0.3) is 5.91 Å². The number of carbonyl (C=O) groups excluding carboxylic acids is 1. The SMILES string of the molecule is NC(=O)c1cccnc1Oc1ccc(-c2ccccc2)cc1. The summed E-state index contributed by atoms with van der Waals surface area (Å²) in [4.78, 5) is 15.4. The first-order chi connectivity index (χ1) is 10.7. The number of nitrogens with two attached hydrogens (primary N) is 1. The quantitative estimate of drug-likeness (QED) is 0.797. The lowest BCUT2D eigenvalue weighted by molar-refractivity contribution is 0.0997. The minimum atomic E-state index is -0.566. The van der Waals surface area contributed by atoms with E-state index >= 15 is 0 Å². The predicted molar refractivity (Wildman–Crippen MR) is 84.7 cm³/mol. The molecule has 4 heteroatoms. The Balaban J connectivity index is 1.84. The van der Waals surface area contributed by atoms with Gasteiger partial charge in [-0.2, -0.15) is 0 Å². The van der Waals surface area contributed by atoms with Crippen molar-refractivity contribution in [2.24, 2.45) is 5.73 Å². The molecule has 3 rings (SSSR count). The summed E-state index contributed by atoms with van der Waals surface area (Å²) in [5, 5.41) is 0. The van der Waals surface area contributed by atoms with Crippen LogP contribution in [0.4, 0.5) is 0 Å². The number of aromatic nitrogens is 1. The number of amides is 1. The van der Waals surface area contributed by atoms with E-state index in [2.05, 4.69) is 4.98 Å². The fraction of sp³-hybridized carbons (Fsp3) is 0. The van der Waals surface area contributed by atoms with Crippen molar-refractivity contribution < 1.29 is 9.53 Å². The Labute approximate surface area is 128 Å². The summed E-state index contributed by atoms with van der Waals surface area (Å²) in [5.74, 6) is 0.243. The first-order valence-corrected chi connectivity index (χ1v) is 6.82. The molecule has 0 spiro atoms. The molecule has 1 heterocycles. The van der Waals surface area contributed by atoms with Crippen LogP contribution in [0.15, 0.2) is 72.9 Å². The van der Waals surface area contributed by atoms with E-state index in [-0.39, 0.29) is 11.4 Å². The Morgan fingerprint density at radius 3 is 2.23 bits per heavy atom. The Kier molecular flexibility index (Phi) is 3.83. The number of benzene rings is 2. The van der Waals surface area contributed by atoms with Gasteiger partial charge in [0.1, 0.15) is 11.3 Å². The standard InChI is InChI=1S/C18H14N2O2/c19-17(21)16-7-4-12-20-18(16)22-15-10-8-14(9-11-15)13-5-2-1-3-6-13/h1-12H,(H2,19,21). The lowest BCUT2D eigenvalue weighted by Gasteiger charge is -2.08. The van der Waals surface area contributed by atoms with Crippen molar-refractivity contribution in [3.8, 4) is 22.8 Å². The van der Waals surface area contributed by atoms with Gasteiger partial charge in [0.15, 0.2) is 0 Å². The molecule has 108 valence electrons. The third-order valence-corrected chi connectivity index (χ3v) is 3.21. The smallest absolute Gasteiger partial charge is 0.254 e. The molecule has 1 aromatic heterocycles. The molecule has 0 bridgehead atoms. The minimum Gasteiger partial charge on any atom is -0.438 e. The molecule has 0 saturated heterocycles. The number of rotatable bonds is 4. The molecule has 2 aromatic carbocycles. The fourth-order valence-corrected chi connectivity index (χ4v) is 2.12. The zero-order valence-electron chi connectivity index (χ0n) is 11.8. The second-order valence-electron chi connectivity index (χ2n) is 4.71. The van der Waals surface area contributed by atoms with Gasteiger partial charge in [-0.3, -0.25) is 4.79 Å². The molecule has 0 radical (unpaired) electrons. The molecule has 1 amide bonds. The number of nitrogens with zero attached hydrogens (tertiary/aromatic N) is 1. The van der Waals surface area contributed by atoms with E-state index in [1.807, 2.05) is 54.6 Å². The van der Waals surface area contributed by atoms with Crippen molar-refractivity contribution in [3.05, 3.63) is 78.5 Å². The number of hydrogen-bond acceptors (Lipinski definition) is 3. The van der Waals surface area contributed by atoms with E-state index in [0.29, 0.717) is 5.75 Å². The molecule has 4 nitrogen and oxygen atoms in total. The summed E-state index contributed by atoms with van der Waals surface area (Å²) >= 11 is 0. The van der Waals surface area contributed by atoms with Crippen LogP contribution in [0.2, 0.25) is 0 Å². The molecule has 0 saturated carbocycles. The third kappa shape index (κ3) is 2.96. The van der Waals surface area contributed by atoms with Crippen molar-refractivity contribution in [1.29, 1.82) is 0 Å². The molecule has 3 aromatic rings. The molecule has 0 unspecified atom stereocenters. The fourth-order valence-electron chi connectivity index (χ4n) is 2.12. The monoisotopic (exact) mass is 290 g/mol. The summed E-state index contributed by atoms with van der Waals surface area (Å²) < 4.78 is 5.65. The van der Waals surface area contributed by atoms with Gasteiger partial charge in [0.05, 0.1) is 0 Å². The van der Waals surface area contributed by atoms with Crippen LogP contribution >= 0.6 is 0 Å². The normalized spacial score (nSPS) is 10.2. The first-order valence-electron chi connectivity index (χ1n) is 6.82. The summed E-state index contributed by atoms with van der Waals surface area (Å²) in [6.45, 7) is 0. The van der Waals surface area contributed by atoms with Crippen LogP contribution in [0, 0.1) is 0 Å². The Morgan fingerprint density at radius 2 is 1.55 bits per heavy atom. The Hall–Kier alpha value is -3.14. The second-order valence-corrected chi connectivity index (χ2v) is 4.71. The van der Waals surface area contributed by atoms with E-state index in [4.69, 9.17) is 10.5 Å². The van der Waals surface area contributed by atoms with Gasteiger partial charge >= 0.3 is 0 Å². The zero-order chi connectivity index (χ0) is 15.4. The van der Waals surface area contributed by atoms with Gasteiger partial charge in [0, 0.05) is 6.20 Å². The van der Waals surface area contributed by atoms with Gasteiger partial charge in [0.2, 0.25) is 5.88 Å². The summed E-state index contributed by atoms with van der Waals surface area (Å²) in [7, 11) is 0. The van der Waals surface area contributed by atoms with Gasteiger partial charge in [-0.15, -0.1) is 0 Å². The van der Waals surface area contributed by atoms with Crippen LogP contribution < -0.4 is 10.5 Å².